The number of Topliss-reactive ketones (excluding diaryl/α,β-unsaturated/α-hetero) is 1. The molecule has 0 atom stereocenters. The maximum atomic E-state index is 11.1. The van der Waals surface area contributed by atoms with Crippen molar-refractivity contribution >= 4 is 29.0 Å². The Morgan fingerprint density at radius 3 is 2.58 bits per heavy atom. The third-order valence-electron chi connectivity index (χ3n) is 1.49. The minimum atomic E-state index is -0.0951. The molecule has 3 heteroatoms. The zero-order chi connectivity index (χ0) is 9.14. The first kappa shape index (κ1) is 9.56. The van der Waals surface area contributed by atoms with Crippen LogP contribution in [0, 0.1) is 6.92 Å². The number of alkyl halides is 1. The van der Waals surface area contributed by atoms with Gasteiger partial charge in [-0.15, -0.1) is 11.6 Å². The summed E-state index contributed by atoms with van der Waals surface area (Å²) in [4.78, 5) is 11.1. The van der Waals surface area contributed by atoms with Crippen LogP contribution in [-0.4, -0.2) is 11.7 Å². The fraction of sp³-hybridized carbons (Fsp3) is 0.222. The third-order valence-corrected chi connectivity index (χ3v) is 1.95. The average Bonchev–Trinajstić information content (AvgIpc) is 2.01. The van der Waals surface area contributed by atoms with Crippen molar-refractivity contribution in [2.45, 2.75) is 6.92 Å². The molecule has 1 rings (SSSR count). The van der Waals surface area contributed by atoms with Crippen LogP contribution in [0.1, 0.15) is 15.9 Å². The molecule has 0 heterocycles. The summed E-state index contributed by atoms with van der Waals surface area (Å²) in [6.07, 6.45) is 0. The van der Waals surface area contributed by atoms with Crippen molar-refractivity contribution in [3.05, 3.63) is 34.3 Å². The van der Waals surface area contributed by atoms with Crippen LogP contribution >= 0.6 is 23.2 Å². The zero-order valence-electron chi connectivity index (χ0n) is 6.60. The Morgan fingerprint density at radius 2 is 2.08 bits per heavy atom. The number of rotatable bonds is 2. The van der Waals surface area contributed by atoms with Gasteiger partial charge in [0, 0.05) is 10.6 Å². The first-order valence-electron chi connectivity index (χ1n) is 3.50. The summed E-state index contributed by atoms with van der Waals surface area (Å²) in [6, 6.07) is 5.20. The Kier molecular flexibility index (Phi) is 3.12. The first-order chi connectivity index (χ1) is 5.63. The van der Waals surface area contributed by atoms with Crippen molar-refractivity contribution in [1.82, 2.24) is 0 Å². The lowest BCUT2D eigenvalue weighted by atomic mass is 10.1. The quantitative estimate of drug-likeness (QED) is 0.533. The lowest BCUT2D eigenvalue weighted by Crippen LogP contribution is -2.00. The van der Waals surface area contributed by atoms with E-state index in [9.17, 15) is 4.79 Å². The van der Waals surface area contributed by atoms with Gasteiger partial charge in [0.2, 0.25) is 0 Å². The number of halogens is 2. The van der Waals surface area contributed by atoms with Gasteiger partial charge in [-0.3, -0.25) is 4.79 Å². The van der Waals surface area contributed by atoms with E-state index >= 15 is 0 Å². The van der Waals surface area contributed by atoms with Gasteiger partial charge in [0.25, 0.3) is 0 Å². The van der Waals surface area contributed by atoms with Gasteiger partial charge in [0.05, 0.1) is 5.88 Å². The SMILES string of the molecule is Cc1cc(Cl)cc(C(=O)CCl)c1. The van der Waals surface area contributed by atoms with Crippen LogP contribution in [0.15, 0.2) is 18.2 Å². The van der Waals surface area contributed by atoms with E-state index in [0.29, 0.717) is 10.6 Å². The van der Waals surface area contributed by atoms with Crippen molar-refractivity contribution in [3.63, 3.8) is 0 Å². The van der Waals surface area contributed by atoms with E-state index in [-0.39, 0.29) is 11.7 Å². The topological polar surface area (TPSA) is 17.1 Å². The van der Waals surface area contributed by atoms with Crippen molar-refractivity contribution in [1.29, 1.82) is 0 Å². The number of carbonyl (C=O) groups excluding carboxylic acids is 1. The highest BCUT2D eigenvalue weighted by Gasteiger charge is 2.04. The minimum absolute atomic E-state index is 0.000216. The highest BCUT2D eigenvalue weighted by Crippen LogP contribution is 2.15. The number of aryl methyl sites for hydroxylation is 1. The van der Waals surface area contributed by atoms with Crippen LogP contribution in [0.5, 0.6) is 0 Å². The number of ketones is 1. The largest absolute Gasteiger partial charge is 0.293 e. The number of benzene rings is 1. The second-order valence-electron chi connectivity index (χ2n) is 2.57. The molecule has 0 aromatic heterocycles. The van der Waals surface area contributed by atoms with E-state index in [2.05, 4.69) is 0 Å². The normalized spacial score (nSPS) is 9.92. The van der Waals surface area contributed by atoms with Gasteiger partial charge in [-0.05, 0) is 30.7 Å². The predicted molar refractivity (Wildman–Crippen MR) is 51.2 cm³/mol. The van der Waals surface area contributed by atoms with Crippen LogP contribution < -0.4 is 0 Å². The lowest BCUT2D eigenvalue weighted by molar-refractivity contribution is 0.102. The third kappa shape index (κ3) is 2.23. The van der Waals surface area contributed by atoms with E-state index in [0.717, 1.165) is 5.56 Å². The Hall–Kier alpha value is -0.530. The fourth-order valence-corrected chi connectivity index (χ4v) is 1.42. The lowest BCUT2D eigenvalue weighted by Gasteiger charge is -1.99. The van der Waals surface area contributed by atoms with Gasteiger partial charge < -0.3 is 0 Å². The number of hydrogen-bond donors (Lipinski definition) is 0. The molecule has 0 saturated heterocycles. The van der Waals surface area contributed by atoms with Crippen LogP contribution in [-0.2, 0) is 0 Å². The van der Waals surface area contributed by atoms with Crippen LogP contribution in [0.3, 0.4) is 0 Å². The van der Waals surface area contributed by atoms with Crippen LogP contribution in [0.4, 0.5) is 0 Å². The van der Waals surface area contributed by atoms with E-state index in [4.69, 9.17) is 23.2 Å². The molecule has 0 saturated carbocycles. The molecule has 0 fully saturated rings. The molecule has 0 aliphatic rings. The summed E-state index contributed by atoms with van der Waals surface area (Å²) in [5.41, 5.74) is 1.55. The molecule has 1 aromatic carbocycles. The molecule has 0 radical (unpaired) electrons. The van der Waals surface area contributed by atoms with Crippen LogP contribution in [0.25, 0.3) is 0 Å². The average molecular weight is 203 g/mol. The van der Waals surface area contributed by atoms with Crippen LogP contribution in [0.2, 0.25) is 5.02 Å². The Labute approximate surface area is 81.3 Å². The maximum Gasteiger partial charge on any atom is 0.177 e. The fourth-order valence-electron chi connectivity index (χ4n) is 0.974. The molecule has 0 aliphatic carbocycles. The number of carbonyl (C=O) groups is 1. The predicted octanol–water partition coefficient (Wildman–Crippen LogP) is 3.07. The van der Waals surface area contributed by atoms with Gasteiger partial charge in [0.1, 0.15) is 0 Å². The molecule has 0 unspecified atom stereocenters. The number of hydrogen-bond acceptors (Lipinski definition) is 1. The Morgan fingerprint density at radius 1 is 1.42 bits per heavy atom. The molecule has 12 heavy (non-hydrogen) atoms. The Bertz CT molecular complexity index is 287. The van der Waals surface area contributed by atoms with Gasteiger partial charge >= 0.3 is 0 Å². The molecule has 0 spiro atoms. The van der Waals surface area contributed by atoms with Crippen molar-refractivity contribution in [2.75, 3.05) is 5.88 Å². The van der Waals surface area contributed by atoms with Crippen molar-refractivity contribution in [2.24, 2.45) is 0 Å². The van der Waals surface area contributed by atoms with E-state index in [1.807, 2.05) is 6.92 Å². The molecule has 1 nitrogen and oxygen atoms in total. The van der Waals surface area contributed by atoms with E-state index < -0.39 is 0 Å². The molecule has 0 amide bonds. The maximum absolute atomic E-state index is 11.1. The summed E-state index contributed by atoms with van der Waals surface area (Å²) < 4.78 is 0. The summed E-state index contributed by atoms with van der Waals surface area (Å²) in [6.45, 7) is 1.89. The van der Waals surface area contributed by atoms with Gasteiger partial charge in [-0.2, -0.15) is 0 Å². The molecule has 64 valence electrons. The second kappa shape index (κ2) is 3.92. The first-order valence-corrected chi connectivity index (χ1v) is 4.41. The molecular weight excluding hydrogens is 195 g/mol. The zero-order valence-corrected chi connectivity index (χ0v) is 8.12. The molecule has 1 aromatic rings. The molecule has 0 bridgehead atoms. The van der Waals surface area contributed by atoms with Gasteiger partial charge in [-0.25, -0.2) is 0 Å². The summed E-state index contributed by atoms with van der Waals surface area (Å²) >= 11 is 11.2. The summed E-state index contributed by atoms with van der Waals surface area (Å²) in [5, 5.41) is 0.573. The monoisotopic (exact) mass is 202 g/mol. The van der Waals surface area contributed by atoms with E-state index in [1.165, 1.54) is 0 Å². The van der Waals surface area contributed by atoms with E-state index in [1.54, 1.807) is 18.2 Å². The second-order valence-corrected chi connectivity index (χ2v) is 3.28. The standard InChI is InChI=1S/C9H8Cl2O/c1-6-2-7(9(12)5-10)4-8(11)3-6/h2-4H,5H2,1H3. The smallest absolute Gasteiger partial charge is 0.177 e. The van der Waals surface area contributed by atoms with Crippen molar-refractivity contribution < 1.29 is 4.79 Å². The molecule has 0 N–H and O–H groups in total. The van der Waals surface area contributed by atoms with Gasteiger partial charge in [-0.1, -0.05) is 11.6 Å². The summed E-state index contributed by atoms with van der Waals surface area (Å²) in [7, 11) is 0. The van der Waals surface area contributed by atoms with Gasteiger partial charge in [0.15, 0.2) is 5.78 Å². The van der Waals surface area contributed by atoms with Crippen molar-refractivity contribution in [3.8, 4) is 0 Å². The molecular formula is C9H8Cl2O. The Balaban J connectivity index is 3.08. The summed E-state index contributed by atoms with van der Waals surface area (Å²) in [5.74, 6) is -0.0953. The molecule has 0 aliphatic heterocycles. The highest BCUT2D eigenvalue weighted by atomic mass is 35.5. The minimum Gasteiger partial charge on any atom is -0.293 e. The highest BCUT2D eigenvalue weighted by molar-refractivity contribution is 6.32.